The van der Waals surface area contributed by atoms with Crippen LogP contribution >= 0.6 is 24.2 Å². The number of benzene rings is 2. The van der Waals surface area contributed by atoms with Crippen LogP contribution in [0.3, 0.4) is 0 Å². The van der Waals surface area contributed by atoms with E-state index in [2.05, 4.69) is 12.6 Å². The van der Waals surface area contributed by atoms with Crippen LogP contribution < -0.4 is 0 Å². The molecule has 2 nitrogen and oxygen atoms in total. The van der Waals surface area contributed by atoms with Crippen molar-refractivity contribution in [2.45, 2.75) is 11.4 Å². The molecule has 0 atom stereocenters. The van der Waals surface area contributed by atoms with Crippen molar-refractivity contribution in [2.75, 3.05) is 7.05 Å². The van der Waals surface area contributed by atoms with E-state index in [0.29, 0.717) is 17.1 Å². The summed E-state index contributed by atoms with van der Waals surface area (Å²) in [6.07, 6.45) is 0. The summed E-state index contributed by atoms with van der Waals surface area (Å²) in [7, 11) is 1.76. The van der Waals surface area contributed by atoms with Crippen molar-refractivity contribution in [3.63, 3.8) is 0 Å². The van der Waals surface area contributed by atoms with E-state index in [1.165, 1.54) is 0 Å². The first-order valence-electron chi connectivity index (χ1n) is 5.86. The van der Waals surface area contributed by atoms with Gasteiger partial charge >= 0.3 is 0 Å². The SMILES string of the molecule is CN(Cc1ccccc1)C(=O)c1cc(S)ccc1Cl. The highest BCUT2D eigenvalue weighted by Crippen LogP contribution is 2.21. The maximum Gasteiger partial charge on any atom is 0.255 e. The summed E-state index contributed by atoms with van der Waals surface area (Å²) in [6, 6.07) is 15.0. The van der Waals surface area contributed by atoms with E-state index in [-0.39, 0.29) is 5.91 Å². The van der Waals surface area contributed by atoms with Crippen LogP contribution in [0.1, 0.15) is 15.9 Å². The third kappa shape index (κ3) is 3.52. The molecule has 2 rings (SSSR count). The van der Waals surface area contributed by atoms with Gasteiger partial charge in [-0.15, -0.1) is 12.6 Å². The van der Waals surface area contributed by atoms with Gasteiger partial charge in [0.05, 0.1) is 10.6 Å². The minimum absolute atomic E-state index is 0.107. The molecule has 0 aliphatic rings. The predicted molar refractivity (Wildman–Crippen MR) is 80.9 cm³/mol. The Kier molecular flexibility index (Phi) is 4.51. The molecular weight excluding hydrogens is 278 g/mol. The Balaban J connectivity index is 2.17. The highest BCUT2D eigenvalue weighted by Gasteiger charge is 2.15. The van der Waals surface area contributed by atoms with Gasteiger partial charge < -0.3 is 4.90 Å². The van der Waals surface area contributed by atoms with Crippen LogP contribution in [0.2, 0.25) is 5.02 Å². The average molecular weight is 292 g/mol. The normalized spacial score (nSPS) is 10.3. The molecule has 0 aliphatic heterocycles. The zero-order valence-corrected chi connectivity index (χ0v) is 12.2. The number of hydrogen-bond donors (Lipinski definition) is 1. The first-order valence-corrected chi connectivity index (χ1v) is 6.68. The average Bonchev–Trinajstić information content (AvgIpc) is 2.42. The molecule has 0 unspecified atom stereocenters. The van der Waals surface area contributed by atoms with Crippen molar-refractivity contribution < 1.29 is 4.79 Å². The minimum atomic E-state index is -0.107. The van der Waals surface area contributed by atoms with Crippen LogP contribution in [0.25, 0.3) is 0 Å². The van der Waals surface area contributed by atoms with Gasteiger partial charge in [-0.2, -0.15) is 0 Å². The van der Waals surface area contributed by atoms with Gasteiger partial charge in [0.25, 0.3) is 5.91 Å². The van der Waals surface area contributed by atoms with Gasteiger partial charge in [-0.3, -0.25) is 4.79 Å². The maximum absolute atomic E-state index is 12.3. The fraction of sp³-hybridized carbons (Fsp3) is 0.133. The number of amides is 1. The largest absolute Gasteiger partial charge is 0.337 e. The van der Waals surface area contributed by atoms with Gasteiger partial charge in [-0.05, 0) is 23.8 Å². The number of carbonyl (C=O) groups excluding carboxylic acids is 1. The number of halogens is 1. The molecule has 98 valence electrons. The minimum Gasteiger partial charge on any atom is -0.337 e. The molecular formula is C15H14ClNOS. The number of carbonyl (C=O) groups is 1. The first-order chi connectivity index (χ1) is 9.08. The van der Waals surface area contributed by atoms with E-state index in [0.717, 1.165) is 10.5 Å². The van der Waals surface area contributed by atoms with Crippen LogP contribution in [0.4, 0.5) is 0 Å². The van der Waals surface area contributed by atoms with Crippen LogP contribution in [0.15, 0.2) is 53.4 Å². The summed E-state index contributed by atoms with van der Waals surface area (Å²) in [5.41, 5.74) is 1.56. The lowest BCUT2D eigenvalue weighted by atomic mass is 10.1. The third-order valence-electron chi connectivity index (χ3n) is 2.79. The molecule has 0 N–H and O–H groups in total. The molecule has 0 bridgehead atoms. The number of hydrogen-bond acceptors (Lipinski definition) is 2. The van der Waals surface area contributed by atoms with Crippen LogP contribution in [-0.2, 0) is 6.54 Å². The summed E-state index contributed by atoms with van der Waals surface area (Å²) in [6.45, 7) is 0.548. The standard InChI is InChI=1S/C15H14ClNOS/c1-17(10-11-5-3-2-4-6-11)15(18)13-9-12(19)7-8-14(13)16/h2-9,19H,10H2,1H3. The summed E-state index contributed by atoms with van der Waals surface area (Å²) in [4.78, 5) is 14.7. The van der Waals surface area contributed by atoms with Crippen molar-refractivity contribution in [1.82, 2.24) is 4.90 Å². The Bertz CT molecular complexity index is 586. The molecule has 1 amide bonds. The first kappa shape index (κ1) is 14.0. The molecule has 0 heterocycles. The zero-order valence-electron chi connectivity index (χ0n) is 10.5. The molecule has 2 aromatic rings. The van der Waals surface area contributed by atoms with Gasteiger partial charge in [0.15, 0.2) is 0 Å². The quantitative estimate of drug-likeness (QED) is 0.851. The molecule has 0 saturated heterocycles. The Hall–Kier alpha value is -1.45. The lowest BCUT2D eigenvalue weighted by Gasteiger charge is -2.18. The lowest BCUT2D eigenvalue weighted by molar-refractivity contribution is 0.0785. The van der Waals surface area contributed by atoms with Gasteiger partial charge in [0.1, 0.15) is 0 Å². The van der Waals surface area contributed by atoms with Crippen molar-refractivity contribution in [2.24, 2.45) is 0 Å². The van der Waals surface area contributed by atoms with E-state index < -0.39 is 0 Å². The van der Waals surface area contributed by atoms with E-state index in [1.54, 1.807) is 30.1 Å². The second-order valence-electron chi connectivity index (χ2n) is 4.31. The third-order valence-corrected chi connectivity index (χ3v) is 3.40. The Labute approximate surface area is 123 Å². The second-order valence-corrected chi connectivity index (χ2v) is 5.23. The van der Waals surface area contributed by atoms with Gasteiger partial charge in [-0.25, -0.2) is 0 Å². The van der Waals surface area contributed by atoms with Gasteiger partial charge in [0, 0.05) is 18.5 Å². The topological polar surface area (TPSA) is 20.3 Å². The number of nitrogens with zero attached hydrogens (tertiary/aromatic N) is 1. The summed E-state index contributed by atoms with van der Waals surface area (Å²) in [5, 5.41) is 0.447. The van der Waals surface area contributed by atoms with E-state index in [9.17, 15) is 4.79 Å². The molecule has 0 fully saturated rings. The van der Waals surface area contributed by atoms with E-state index in [4.69, 9.17) is 11.6 Å². The smallest absolute Gasteiger partial charge is 0.255 e. The highest BCUT2D eigenvalue weighted by atomic mass is 35.5. The van der Waals surface area contributed by atoms with Gasteiger partial charge in [0.2, 0.25) is 0 Å². The monoisotopic (exact) mass is 291 g/mol. The van der Waals surface area contributed by atoms with Crippen molar-refractivity contribution >= 4 is 30.1 Å². The molecule has 0 aliphatic carbocycles. The lowest BCUT2D eigenvalue weighted by Crippen LogP contribution is -2.26. The van der Waals surface area contributed by atoms with E-state index >= 15 is 0 Å². The molecule has 0 radical (unpaired) electrons. The fourth-order valence-corrected chi connectivity index (χ4v) is 2.21. The van der Waals surface area contributed by atoms with Crippen LogP contribution in [-0.4, -0.2) is 17.9 Å². The van der Waals surface area contributed by atoms with Crippen LogP contribution in [0, 0.1) is 0 Å². The number of thiol groups is 1. The summed E-state index contributed by atoms with van der Waals surface area (Å²) >= 11 is 10.3. The Morgan fingerprint density at radius 3 is 2.58 bits per heavy atom. The van der Waals surface area contributed by atoms with Crippen molar-refractivity contribution in [1.29, 1.82) is 0 Å². The van der Waals surface area contributed by atoms with E-state index in [1.807, 2.05) is 30.3 Å². The maximum atomic E-state index is 12.3. The zero-order chi connectivity index (χ0) is 13.8. The number of rotatable bonds is 3. The van der Waals surface area contributed by atoms with Gasteiger partial charge in [-0.1, -0.05) is 41.9 Å². The molecule has 2 aromatic carbocycles. The van der Waals surface area contributed by atoms with Crippen molar-refractivity contribution in [3.05, 3.63) is 64.7 Å². The molecule has 0 saturated carbocycles. The second kappa shape index (κ2) is 6.13. The summed E-state index contributed by atoms with van der Waals surface area (Å²) < 4.78 is 0. The Morgan fingerprint density at radius 1 is 1.21 bits per heavy atom. The van der Waals surface area contributed by atoms with Crippen LogP contribution in [0.5, 0.6) is 0 Å². The predicted octanol–water partition coefficient (Wildman–Crippen LogP) is 3.90. The highest BCUT2D eigenvalue weighted by molar-refractivity contribution is 7.80. The molecule has 0 spiro atoms. The van der Waals surface area contributed by atoms with Crippen molar-refractivity contribution in [3.8, 4) is 0 Å². The molecule has 4 heteroatoms. The molecule has 0 aromatic heterocycles. The fourth-order valence-electron chi connectivity index (χ4n) is 1.81. The Morgan fingerprint density at radius 2 is 1.89 bits per heavy atom. The molecule has 19 heavy (non-hydrogen) atoms. The summed E-state index contributed by atoms with van der Waals surface area (Å²) in [5.74, 6) is -0.107.